The van der Waals surface area contributed by atoms with Crippen molar-refractivity contribution in [2.24, 2.45) is 0 Å². The number of nitrogens with zero attached hydrogens (tertiary/aromatic N) is 1. The van der Waals surface area contributed by atoms with Crippen LogP contribution in [0.1, 0.15) is 0 Å². The van der Waals surface area contributed by atoms with Gasteiger partial charge in [0.25, 0.3) is 0 Å². The van der Waals surface area contributed by atoms with Gasteiger partial charge < -0.3 is 10.2 Å². The summed E-state index contributed by atoms with van der Waals surface area (Å²) in [5, 5.41) is 21.7. The fourth-order valence-electron chi connectivity index (χ4n) is 1.63. The van der Waals surface area contributed by atoms with E-state index in [1.165, 1.54) is 19.2 Å². The SMILES string of the molecule is CN(C(=O)O)c1cccc2ccc([O-])cc12. The second-order valence-electron chi connectivity index (χ2n) is 3.50. The Kier molecular flexibility index (Phi) is 2.40. The van der Waals surface area contributed by atoms with E-state index in [1.807, 2.05) is 6.07 Å². The lowest BCUT2D eigenvalue weighted by Crippen LogP contribution is -2.23. The summed E-state index contributed by atoms with van der Waals surface area (Å²) < 4.78 is 0. The van der Waals surface area contributed by atoms with Gasteiger partial charge in [0.05, 0.1) is 5.69 Å². The zero-order valence-electron chi connectivity index (χ0n) is 8.68. The van der Waals surface area contributed by atoms with E-state index in [0.29, 0.717) is 11.1 Å². The molecule has 0 fully saturated rings. The van der Waals surface area contributed by atoms with E-state index in [4.69, 9.17) is 5.11 Å². The highest BCUT2D eigenvalue weighted by Gasteiger charge is 2.10. The first-order valence-corrected chi connectivity index (χ1v) is 4.76. The van der Waals surface area contributed by atoms with Gasteiger partial charge in [0.15, 0.2) is 0 Å². The standard InChI is InChI=1S/C12H11NO3/c1-13(12(15)16)11-4-2-3-8-5-6-9(14)7-10(8)11/h2-7,14H,1H3,(H,15,16)/p-1. The molecule has 0 aliphatic carbocycles. The molecule has 1 N–H and O–H groups in total. The Morgan fingerprint density at radius 2 is 2.06 bits per heavy atom. The molecule has 2 aromatic carbocycles. The lowest BCUT2D eigenvalue weighted by atomic mass is 10.1. The highest BCUT2D eigenvalue weighted by molar-refractivity contribution is 6.01. The van der Waals surface area contributed by atoms with Crippen LogP contribution in [0.2, 0.25) is 0 Å². The molecule has 4 nitrogen and oxygen atoms in total. The maximum atomic E-state index is 11.3. The van der Waals surface area contributed by atoms with Gasteiger partial charge in [-0.25, -0.2) is 4.79 Å². The highest BCUT2D eigenvalue weighted by Crippen LogP contribution is 2.28. The molecule has 1 amide bonds. The van der Waals surface area contributed by atoms with Crippen molar-refractivity contribution in [2.75, 3.05) is 11.9 Å². The van der Waals surface area contributed by atoms with Crippen LogP contribution in [0.25, 0.3) is 10.8 Å². The molecule has 2 rings (SSSR count). The van der Waals surface area contributed by atoms with Gasteiger partial charge in [-0.05, 0) is 11.5 Å². The third kappa shape index (κ3) is 1.65. The van der Waals surface area contributed by atoms with Crippen LogP contribution in [-0.4, -0.2) is 18.2 Å². The first-order chi connectivity index (χ1) is 7.59. The van der Waals surface area contributed by atoms with Gasteiger partial charge in [-0.15, -0.1) is 5.75 Å². The zero-order valence-corrected chi connectivity index (χ0v) is 8.68. The van der Waals surface area contributed by atoms with E-state index in [9.17, 15) is 9.90 Å². The fraction of sp³-hybridized carbons (Fsp3) is 0.0833. The summed E-state index contributed by atoms with van der Waals surface area (Å²) in [6, 6.07) is 9.89. The number of carboxylic acid groups (broad SMARTS) is 1. The molecule has 0 heterocycles. The normalized spacial score (nSPS) is 10.3. The van der Waals surface area contributed by atoms with Gasteiger partial charge in [0.1, 0.15) is 0 Å². The molecule has 2 aromatic rings. The Bertz CT molecular complexity index is 551. The molecule has 4 heteroatoms. The second kappa shape index (κ2) is 3.73. The van der Waals surface area contributed by atoms with Crippen LogP contribution >= 0.6 is 0 Å². The van der Waals surface area contributed by atoms with Crippen molar-refractivity contribution in [3.8, 4) is 5.75 Å². The minimum absolute atomic E-state index is 0.126. The van der Waals surface area contributed by atoms with Crippen molar-refractivity contribution >= 4 is 22.6 Å². The maximum Gasteiger partial charge on any atom is 0.411 e. The molecule has 0 aliphatic heterocycles. The Hall–Kier alpha value is -2.23. The lowest BCUT2D eigenvalue weighted by molar-refractivity contribution is -0.268. The summed E-state index contributed by atoms with van der Waals surface area (Å²) in [7, 11) is 1.45. The van der Waals surface area contributed by atoms with E-state index in [2.05, 4.69) is 0 Å². The molecule has 0 aliphatic rings. The fourth-order valence-corrected chi connectivity index (χ4v) is 1.63. The average Bonchev–Trinajstić information content (AvgIpc) is 2.27. The molecule has 0 saturated carbocycles. The smallest absolute Gasteiger partial charge is 0.411 e. The number of amides is 1. The summed E-state index contributed by atoms with van der Waals surface area (Å²) in [4.78, 5) is 12.0. The maximum absolute atomic E-state index is 11.3. The summed E-state index contributed by atoms with van der Waals surface area (Å²) >= 11 is 0. The number of hydrogen-bond acceptors (Lipinski definition) is 2. The number of hydrogen-bond donors (Lipinski definition) is 1. The summed E-state index contributed by atoms with van der Waals surface area (Å²) in [5.74, 6) is -0.126. The van der Waals surface area contributed by atoms with Crippen LogP contribution in [0.3, 0.4) is 0 Å². The zero-order chi connectivity index (χ0) is 11.7. The van der Waals surface area contributed by atoms with Gasteiger partial charge in [0, 0.05) is 12.4 Å². The number of benzene rings is 2. The van der Waals surface area contributed by atoms with Gasteiger partial charge in [0.2, 0.25) is 0 Å². The highest BCUT2D eigenvalue weighted by atomic mass is 16.4. The molecule has 0 radical (unpaired) electrons. The Labute approximate surface area is 92.4 Å². The van der Waals surface area contributed by atoms with Crippen LogP contribution in [0.15, 0.2) is 36.4 Å². The van der Waals surface area contributed by atoms with Gasteiger partial charge in [-0.2, -0.15) is 0 Å². The first kappa shape index (κ1) is 10.3. The summed E-state index contributed by atoms with van der Waals surface area (Å²) in [5.41, 5.74) is 0.516. The minimum atomic E-state index is -1.05. The number of rotatable bonds is 1. The predicted molar refractivity (Wildman–Crippen MR) is 59.8 cm³/mol. The number of fused-ring (bicyclic) bond motifs is 1. The van der Waals surface area contributed by atoms with Crippen molar-refractivity contribution in [3.05, 3.63) is 36.4 Å². The quantitative estimate of drug-likeness (QED) is 0.793. The Morgan fingerprint density at radius 3 is 2.75 bits per heavy atom. The van der Waals surface area contributed by atoms with Crippen LogP contribution in [-0.2, 0) is 0 Å². The van der Waals surface area contributed by atoms with Gasteiger partial charge in [-0.1, -0.05) is 30.3 Å². The van der Waals surface area contributed by atoms with Crippen molar-refractivity contribution in [1.82, 2.24) is 0 Å². The molecular weight excluding hydrogens is 206 g/mol. The first-order valence-electron chi connectivity index (χ1n) is 4.76. The minimum Gasteiger partial charge on any atom is -0.872 e. The van der Waals surface area contributed by atoms with Gasteiger partial charge in [-0.3, -0.25) is 4.90 Å². The van der Waals surface area contributed by atoms with E-state index in [1.54, 1.807) is 18.2 Å². The second-order valence-corrected chi connectivity index (χ2v) is 3.50. The molecule has 82 valence electrons. The van der Waals surface area contributed by atoms with Crippen molar-refractivity contribution in [3.63, 3.8) is 0 Å². The molecule has 0 saturated heterocycles. The molecule has 0 aromatic heterocycles. The molecular formula is C12H10NO3-. The third-order valence-corrected chi connectivity index (χ3v) is 2.48. The number of carbonyl (C=O) groups is 1. The molecule has 0 unspecified atom stereocenters. The monoisotopic (exact) mass is 216 g/mol. The van der Waals surface area contributed by atoms with E-state index in [-0.39, 0.29) is 5.75 Å². The van der Waals surface area contributed by atoms with E-state index in [0.717, 1.165) is 10.3 Å². The molecule has 0 bridgehead atoms. The largest absolute Gasteiger partial charge is 0.872 e. The number of anilines is 1. The summed E-state index contributed by atoms with van der Waals surface area (Å²) in [6.45, 7) is 0. The van der Waals surface area contributed by atoms with Crippen LogP contribution in [0.5, 0.6) is 5.75 Å². The predicted octanol–water partition coefficient (Wildman–Crippen LogP) is 2.03. The lowest BCUT2D eigenvalue weighted by Gasteiger charge is -2.17. The van der Waals surface area contributed by atoms with Crippen molar-refractivity contribution in [2.45, 2.75) is 0 Å². The van der Waals surface area contributed by atoms with Gasteiger partial charge >= 0.3 is 6.09 Å². The van der Waals surface area contributed by atoms with Crippen molar-refractivity contribution < 1.29 is 15.0 Å². The van der Waals surface area contributed by atoms with E-state index < -0.39 is 6.09 Å². The van der Waals surface area contributed by atoms with Crippen LogP contribution in [0, 0.1) is 0 Å². The van der Waals surface area contributed by atoms with Crippen LogP contribution < -0.4 is 10.0 Å². The Balaban J connectivity index is 2.69. The van der Waals surface area contributed by atoms with Crippen molar-refractivity contribution in [1.29, 1.82) is 0 Å². The Morgan fingerprint density at radius 1 is 1.31 bits per heavy atom. The van der Waals surface area contributed by atoms with Crippen LogP contribution in [0.4, 0.5) is 10.5 Å². The topological polar surface area (TPSA) is 63.6 Å². The molecule has 0 atom stereocenters. The average molecular weight is 216 g/mol. The summed E-state index contributed by atoms with van der Waals surface area (Å²) in [6.07, 6.45) is -1.05. The molecule has 16 heavy (non-hydrogen) atoms. The third-order valence-electron chi connectivity index (χ3n) is 2.48. The molecule has 0 spiro atoms. The van der Waals surface area contributed by atoms with E-state index >= 15 is 0 Å².